The minimum atomic E-state index is 0.246. The van der Waals surface area contributed by atoms with Gasteiger partial charge in [0, 0.05) is 31.5 Å². The standard InChI is InChI=1S/C11H18N4O/c1-8-5-10(14-11(12)13-8)15-4-2-3-9(6-15)7-16/h5,9,16H,2-4,6-7H2,1H3,(H2,12,13,14)/t9-/m1/s1. The second-order valence-electron chi connectivity index (χ2n) is 4.36. The molecule has 1 aliphatic rings. The number of nitrogens with zero attached hydrogens (tertiary/aromatic N) is 3. The van der Waals surface area contributed by atoms with E-state index in [1.807, 2.05) is 13.0 Å². The lowest BCUT2D eigenvalue weighted by atomic mass is 9.99. The molecule has 5 nitrogen and oxygen atoms in total. The first-order valence-electron chi connectivity index (χ1n) is 5.66. The van der Waals surface area contributed by atoms with Gasteiger partial charge in [-0.3, -0.25) is 0 Å². The third-order valence-corrected chi connectivity index (χ3v) is 2.96. The van der Waals surface area contributed by atoms with Crippen molar-refractivity contribution < 1.29 is 5.11 Å². The molecule has 0 bridgehead atoms. The van der Waals surface area contributed by atoms with Crippen molar-refractivity contribution in [3.05, 3.63) is 11.8 Å². The number of aryl methyl sites for hydroxylation is 1. The lowest BCUT2D eigenvalue weighted by Gasteiger charge is -2.32. The normalized spacial score (nSPS) is 21.1. The topological polar surface area (TPSA) is 75.3 Å². The van der Waals surface area contributed by atoms with Crippen molar-refractivity contribution in [1.29, 1.82) is 0 Å². The Kier molecular flexibility index (Phi) is 3.24. The zero-order valence-corrected chi connectivity index (χ0v) is 9.56. The Hall–Kier alpha value is -1.36. The highest BCUT2D eigenvalue weighted by atomic mass is 16.3. The molecule has 0 radical (unpaired) electrons. The molecule has 0 aliphatic carbocycles. The van der Waals surface area contributed by atoms with Crippen LogP contribution in [0.5, 0.6) is 0 Å². The summed E-state index contributed by atoms with van der Waals surface area (Å²) in [6.45, 7) is 3.99. The quantitative estimate of drug-likeness (QED) is 0.765. The maximum absolute atomic E-state index is 9.18. The highest BCUT2D eigenvalue weighted by molar-refractivity contribution is 5.43. The average molecular weight is 222 g/mol. The number of aliphatic hydroxyl groups is 1. The fourth-order valence-electron chi connectivity index (χ4n) is 2.16. The molecule has 5 heteroatoms. The Morgan fingerprint density at radius 1 is 1.56 bits per heavy atom. The molecule has 16 heavy (non-hydrogen) atoms. The van der Waals surface area contributed by atoms with Crippen molar-refractivity contribution >= 4 is 11.8 Å². The van der Waals surface area contributed by atoms with Gasteiger partial charge in [0.15, 0.2) is 0 Å². The van der Waals surface area contributed by atoms with Gasteiger partial charge in [0.1, 0.15) is 5.82 Å². The van der Waals surface area contributed by atoms with Gasteiger partial charge < -0.3 is 15.7 Å². The zero-order valence-electron chi connectivity index (χ0n) is 9.56. The summed E-state index contributed by atoms with van der Waals surface area (Å²) in [5, 5.41) is 9.18. The lowest BCUT2D eigenvalue weighted by Crippen LogP contribution is -2.37. The highest BCUT2D eigenvalue weighted by Gasteiger charge is 2.20. The number of aromatic nitrogens is 2. The van der Waals surface area contributed by atoms with Gasteiger partial charge in [-0.05, 0) is 25.7 Å². The van der Waals surface area contributed by atoms with E-state index >= 15 is 0 Å². The predicted octanol–water partition coefficient (Wildman–Crippen LogP) is 0.576. The molecule has 0 saturated carbocycles. The maximum atomic E-state index is 9.18. The van der Waals surface area contributed by atoms with Gasteiger partial charge in [0.2, 0.25) is 5.95 Å². The number of nitrogens with two attached hydrogens (primary N) is 1. The monoisotopic (exact) mass is 222 g/mol. The summed E-state index contributed by atoms with van der Waals surface area (Å²) < 4.78 is 0. The summed E-state index contributed by atoms with van der Waals surface area (Å²) in [4.78, 5) is 10.5. The van der Waals surface area contributed by atoms with E-state index < -0.39 is 0 Å². The van der Waals surface area contributed by atoms with Crippen molar-refractivity contribution in [2.75, 3.05) is 30.3 Å². The molecule has 2 rings (SSSR count). The number of anilines is 2. The molecule has 0 aromatic carbocycles. The van der Waals surface area contributed by atoms with Crippen molar-refractivity contribution in [2.45, 2.75) is 19.8 Å². The van der Waals surface area contributed by atoms with Crippen molar-refractivity contribution in [2.24, 2.45) is 5.92 Å². The summed E-state index contributed by atoms with van der Waals surface area (Å²) in [5.41, 5.74) is 6.52. The van der Waals surface area contributed by atoms with Gasteiger partial charge in [-0.1, -0.05) is 0 Å². The fourth-order valence-corrected chi connectivity index (χ4v) is 2.16. The first-order chi connectivity index (χ1) is 7.69. The minimum Gasteiger partial charge on any atom is -0.396 e. The Bertz CT molecular complexity index is 349. The Labute approximate surface area is 95.3 Å². The first-order valence-corrected chi connectivity index (χ1v) is 5.66. The van der Waals surface area contributed by atoms with Gasteiger partial charge in [-0.15, -0.1) is 0 Å². The van der Waals surface area contributed by atoms with Gasteiger partial charge >= 0.3 is 0 Å². The molecule has 1 aromatic rings. The number of hydrogen-bond donors (Lipinski definition) is 2. The molecule has 0 spiro atoms. The minimum absolute atomic E-state index is 0.246. The summed E-state index contributed by atoms with van der Waals surface area (Å²) in [6, 6.07) is 1.94. The second-order valence-corrected chi connectivity index (χ2v) is 4.36. The average Bonchev–Trinajstić information content (AvgIpc) is 2.28. The molecule has 2 heterocycles. The van der Waals surface area contributed by atoms with Crippen LogP contribution in [0.25, 0.3) is 0 Å². The van der Waals surface area contributed by atoms with E-state index in [4.69, 9.17) is 5.73 Å². The number of piperidine rings is 1. The van der Waals surface area contributed by atoms with E-state index in [1.165, 1.54) is 0 Å². The molecule has 1 aliphatic heterocycles. The van der Waals surface area contributed by atoms with Crippen LogP contribution >= 0.6 is 0 Å². The van der Waals surface area contributed by atoms with Crippen molar-refractivity contribution in [1.82, 2.24) is 9.97 Å². The van der Waals surface area contributed by atoms with Crippen LogP contribution in [0.4, 0.5) is 11.8 Å². The molecule has 0 unspecified atom stereocenters. The SMILES string of the molecule is Cc1cc(N2CCC[C@@H](CO)C2)nc(N)n1. The summed E-state index contributed by atoms with van der Waals surface area (Å²) in [6.07, 6.45) is 2.18. The Balaban J connectivity index is 2.16. The maximum Gasteiger partial charge on any atom is 0.222 e. The number of nitrogen functional groups attached to an aromatic ring is 1. The van der Waals surface area contributed by atoms with Crippen LogP contribution in [0, 0.1) is 12.8 Å². The van der Waals surface area contributed by atoms with E-state index in [2.05, 4.69) is 14.9 Å². The number of aliphatic hydroxyl groups excluding tert-OH is 1. The fraction of sp³-hybridized carbons (Fsp3) is 0.636. The Morgan fingerprint density at radius 3 is 3.06 bits per heavy atom. The number of rotatable bonds is 2. The van der Waals surface area contributed by atoms with E-state index in [1.54, 1.807) is 0 Å². The third-order valence-electron chi connectivity index (χ3n) is 2.96. The van der Waals surface area contributed by atoms with Crippen molar-refractivity contribution in [3.8, 4) is 0 Å². The number of hydrogen-bond acceptors (Lipinski definition) is 5. The smallest absolute Gasteiger partial charge is 0.222 e. The second kappa shape index (κ2) is 4.65. The molecule has 1 saturated heterocycles. The van der Waals surface area contributed by atoms with Gasteiger partial charge in [0.05, 0.1) is 0 Å². The molecular formula is C11H18N4O. The van der Waals surface area contributed by atoms with Crippen LogP contribution in [0.15, 0.2) is 6.07 Å². The van der Waals surface area contributed by atoms with Gasteiger partial charge in [0.25, 0.3) is 0 Å². The molecule has 3 N–H and O–H groups in total. The molecular weight excluding hydrogens is 204 g/mol. The molecule has 1 atom stereocenters. The lowest BCUT2D eigenvalue weighted by molar-refractivity contribution is 0.208. The van der Waals surface area contributed by atoms with E-state index in [0.717, 1.165) is 37.4 Å². The molecule has 1 fully saturated rings. The zero-order chi connectivity index (χ0) is 11.5. The molecule has 1 aromatic heterocycles. The molecule has 88 valence electrons. The summed E-state index contributed by atoms with van der Waals surface area (Å²) in [7, 11) is 0. The largest absolute Gasteiger partial charge is 0.396 e. The third kappa shape index (κ3) is 2.41. The molecule has 0 amide bonds. The summed E-state index contributed by atoms with van der Waals surface area (Å²) in [5.74, 6) is 1.55. The van der Waals surface area contributed by atoms with Crippen LogP contribution in [0.3, 0.4) is 0 Å². The predicted molar refractivity (Wildman–Crippen MR) is 63.2 cm³/mol. The highest BCUT2D eigenvalue weighted by Crippen LogP contribution is 2.22. The van der Waals surface area contributed by atoms with Gasteiger partial charge in [-0.25, -0.2) is 4.98 Å². The van der Waals surface area contributed by atoms with Crippen LogP contribution in [0.1, 0.15) is 18.5 Å². The Morgan fingerprint density at radius 2 is 2.38 bits per heavy atom. The summed E-state index contributed by atoms with van der Waals surface area (Å²) >= 11 is 0. The van der Waals surface area contributed by atoms with Crippen molar-refractivity contribution in [3.63, 3.8) is 0 Å². The van der Waals surface area contributed by atoms with Crippen LogP contribution in [0.2, 0.25) is 0 Å². The van der Waals surface area contributed by atoms with E-state index in [9.17, 15) is 5.11 Å². The van der Waals surface area contributed by atoms with Crippen LogP contribution in [-0.4, -0.2) is 34.8 Å². The van der Waals surface area contributed by atoms with Crippen LogP contribution < -0.4 is 10.6 Å². The van der Waals surface area contributed by atoms with Crippen LogP contribution in [-0.2, 0) is 0 Å². The first kappa shape index (κ1) is 11.1. The van der Waals surface area contributed by atoms with Gasteiger partial charge in [-0.2, -0.15) is 4.98 Å². The van der Waals surface area contributed by atoms with E-state index in [0.29, 0.717) is 11.9 Å². The van der Waals surface area contributed by atoms with E-state index in [-0.39, 0.29) is 6.61 Å².